The highest BCUT2D eigenvalue weighted by Gasteiger charge is 2.35. The molecule has 0 bridgehead atoms. The lowest BCUT2D eigenvalue weighted by molar-refractivity contribution is 0.562. The molecule has 0 atom stereocenters. The molecule has 0 spiro atoms. The fourth-order valence-corrected chi connectivity index (χ4v) is 1.37. The fraction of sp³-hybridized carbons (Fsp3) is 1.00. The molecule has 1 aliphatic heterocycles. The molecule has 1 saturated heterocycles. The Morgan fingerprint density at radius 3 is 1.64 bits per heavy atom. The molecular formula is C5H15B3N3. The predicted molar refractivity (Wildman–Crippen MR) is 52.3 cm³/mol. The third kappa shape index (κ3) is 1.63. The summed E-state index contributed by atoms with van der Waals surface area (Å²) in [5.41, 5.74) is 0. The van der Waals surface area contributed by atoms with E-state index in [1.54, 1.807) is 0 Å². The van der Waals surface area contributed by atoms with Gasteiger partial charge in [0.1, 0.15) is 0 Å². The zero-order valence-corrected chi connectivity index (χ0v) is 8.07. The maximum atomic E-state index is 2.33. The molecule has 1 heterocycles. The monoisotopic (exact) mass is 150 g/mol. The molecular weight excluding hydrogens is 135 g/mol. The molecule has 1 fully saturated rings. The van der Waals surface area contributed by atoms with Crippen molar-refractivity contribution in [1.82, 2.24) is 14.2 Å². The van der Waals surface area contributed by atoms with Crippen molar-refractivity contribution in [3.8, 4) is 0 Å². The molecule has 59 valence electrons. The molecule has 0 aliphatic carbocycles. The Morgan fingerprint density at radius 2 is 1.27 bits per heavy atom. The van der Waals surface area contributed by atoms with E-state index in [4.69, 9.17) is 0 Å². The van der Waals surface area contributed by atoms with Crippen LogP contribution in [-0.4, -0.2) is 56.8 Å². The minimum absolute atomic E-state index is 0.501. The van der Waals surface area contributed by atoms with Gasteiger partial charge in [0.2, 0.25) is 0 Å². The van der Waals surface area contributed by atoms with Gasteiger partial charge < -0.3 is 14.2 Å². The second-order valence-corrected chi connectivity index (χ2v) is 3.38. The lowest BCUT2D eigenvalue weighted by Gasteiger charge is -2.43. The topological polar surface area (TPSA) is 9.72 Å². The largest absolute Gasteiger partial charge is 0.364 e. The van der Waals surface area contributed by atoms with Crippen molar-refractivity contribution in [2.45, 2.75) is 13.6 Å². The second kappa shape index (κ2) is 3.21. The zero-order chi connectivity index (χ0) is 8.59. The van der Waals surface area contributed by atoms with Crippen molar-refractivity contribution in [3.05, 3.63) is 0 Å². The maximum absolute atomic E-state index is 2.33. The van der Waals surface area contributed by atoms with E-state index < -0.39 is 0 Å². The molecule has 0 aromatic rings. The van der Waals surface area contributed by atoms with E-state index in [-0.39, 0.29) is 0 Å². The van der Waals surface area contributed by atoms with Gasteiger partial charge in [-0.05, 0) is 21.1 Å². The van der Waals surface area contributed by atoms with Crippen LogP contribution in [0, 0.1) is 0 Å². The summed E-state index contributed by atoms with van der Waals surface area (Å²) in [6.07, 6.45) is 0. The van der Waals surface area contributed by atoms with Gasteiger partial charge in [0.25, 0.3) is 21.5 Å². The first kappa shape index (κ1) is 9.17. The Bertz CT molecular complexity index is 131. The summed E-state index contributed by atoms with van der Waals surface area (Å²) in [4.78, 5) is 0. The molecule has 0 saturated carbocycles. The molecule has 0 aromatic heterocycles. The zero-order valence-electron chi connectivity index (χ0n) is 8.07. The normalized spacial score (nSPS) is 24.1. The quantitative estimate of drug-likeness (QED) is 0.433. The molecule has 1 aliphatic rings. The van der Waals surface area contributed by atoms with Crippen molar-refractivity contribution in [3.63, 3.8) is 0 Å². The van der Waals surface area contributed by atoms with Crippen LogP contribution >= 0.6 is 0 Å². The smallest absolute Gasteiger partial charge is 0.290 e. The maximum Gasteiger partial charge on any atom is 0.290 e. The van der Waals surface area contributed by atoms with Crippen LogP contribution in [0.15, 0.2) is 0 Å². The van der Waals surface area contributed by atoms with Gasteiger partial charge in [-0.1, -0.05) is 13.6 Å². The lowest BCUT2D eigenvalue weighted by Crippen LogP contribution is -2.67. The van der Waals surface area contributed by atoms with E-state index in [1.807, 2.05) is 0 Å². The average molecular weight is 150 g/mol. The van der Waals surface area contributed by atoms with Crippen LogP contribution in [0.2, 0.25) is 13.6 Å². The van der Waals surface area contributed by atoms with Crippen molar-refractivity contribution in [2.24, 2.45) is 0 Å². The van der Waals surface area contributed by atoms with Gasteiger partial charge in [-0.3, -0.25) is 0 Å². The Labute approximate surface area is 71.2 Å². The van der Waals surface area contributed by atoms with Crippen LogP contribution in [0.1, 0.15) is 0 Å². The third-order valence-electron chi connectivity index (χ3n) is 2.72. The first-order valence-electron chi connectivity index (χ1n) is 4.05. The molecule has 0 aromatic carbocycles. The molecule has 0 unspecified atom stereocenters. The van der Waals surface area contributed by atoms with Crippen molar-refractivity contribution < 1.29 is 0 Å². The van der Waals surface area contributed by atoms with Crippen LogP contribution in [-0.2, 0) is 0 Å². The molecule has 0 amide bonds. The summed E-state index contributed by atoms with van der Waals surface area (Å²) < 4.78 is 6.75. The highest BCUT2D eigenvalue weighted by Crippen LogP contribution is 2.08. The standard InChI is InChI=1S/C5H15B3N3/c1-7-9(3)6-10(4)8(2)11(7)5/h1-5H3. The average Bonchev–Trinajstić information content (AvgIpc) is 1.97. The Hall–Kier alpha value is 0.0748. The minimum Gasteiger partial charge on any atom is -0.364 e. The van der Waals surface area contributed by atoms with E-state index in [1.165, 1.54) is 0 Å². The predicted octanol–water partition coefficient (Wildman–Crippen LogP) is -0.434. The molecule has 6 heteroatoms. The van der Waals surface area contributed by atoms with Gasteiger partial charge >= 0.3 is 0 Å². The molecule has 11 heavy (non-hydrogen) atoms. The summed E-state index contributed by atoms with van der Waals surface area (Å²) in [5, 5.41) is 0. The third-order valence-corrected chi connectivity index (χ3v) is 2.72. The summed E-state index contributed by atoms with van der Waals surface area (Å²) >= 11 is 0. The van der Waals surface area contributed by atoms with Crippen LogP contribution in [0.25, 0.3) is 0 Å². The lowest BCUT2D eigenvalue weighted by atomic mass is 9.53. The van der Waals surface area contributed by atoms with Gasteiger partial charge in [0.15, 0.2) is 0 Å². The number of hydrogen-bond donors (Lipinski definition) is 0. The van der Waals surface area contributed by atoms with Crippen LogP contribution in [0.4, 0.5) is 0 Å². The summed E-state index contributed by atoms with van der Waals surface area (Å²) in [6, 6.07) is 0. The van der Waals surface area contributed by atoms with Gasteiger partial charge in [-0.15, -0.1) is 0 Å². The summed E-state index contributed by atoms with van der Waals surface area (Å²) in [7, 11) is 8.50. The van der Waals surface area contributed by atoms with Gasteiger partial charge in [0, 0.05) is 0 Å². The minimum atomic E-state index is 0.501. The van der Waals surface area contributed by atoms with E-state index in [0.717, 1.165) is 0 Å². The Morgan fingerprint density at radius 1 is 0.909 bits per heavy atom. The van der Waals surface area contributed by atoms with E-state index in [9.17, 15) is 0 Å². The van der Waals surface area contributed by atoms with Gasteiger partial charge in [0.05, 0.1) is 0 Å². The Balaban J connectivity index is 2.63. The van der Waals surface area contributed by atoms with Crippen LogP contribution < -0.4 is 0 Å². The highest BCUT2D eigenvalue weighted by atomic mass is 15.3. The van der Waals surface area contributed by atoms with Gasteiger partial charge in [-0.2, -0.15) is 0 Å². The number of nitrogens with zero attached hydrogens (tertiary/aromatic N) is 3. The van der Waals surface area contributed by atoms with Crippen LogP contribution in [0.3, 0.4) is 0 Å². The molecule has 0 N–H and O–H groups in total. The van der Waals surface area contributed by atoms with Crippen molar-refractivity contribution in [2.75, 3.05) is 21.1 Å². The second-order valence-electron chi connectivity index (χ2n) is 3.38. The fourth-order valence-electron chi connectivity index (χ4n) is 1.37. The SMILES string of the molecule is CB1N(C)[B]N(C)B(C)N1C. The summed E-state index contributed by atoms with van der Waals surface area (Å²) in [6.45, 7) is 5.42. The van der Waals surface area contributed by atoms with Gasteiger partial charge in [-0.25, -0.2) is 0 Å². The Kier molecular flexibility index (Phi) is 2.68. The molecule has 3 nitrogen and oxygen atoms in total. The number of rotatable bonds is 0. The van der Waals surface area contributed by atoms with E-state index in [2.05, 4.69) is 56.5 Å². The van der Waals surface area contributed by atoms with Crippen molar-refractivity contribution >= 4 is 21.5 Å². The van der Waals surface area contributed by atoms with Crippen molar-refractivity contribution in [1.29, 1.82) is 0 Å². The first-order valence-corrected chi connectivity index (χ1v) is 4.05. The molecule has 1 rings (SSSR count). The number of hydrogen-bond acceptors (Lipinski definition) is 3. The van der Waals surface area contributed by atoms with E-state index in [0.29, 0.717) is 14.0 Å². The van der Waals surface area contributed by atoms with Crippen LogP contribution in [0.5, 0.6) is 0 Å². The molecule has 1 radical (unpaired) electrons. The van der Waals surface area contributed by atoms with E-state index >= 15 is 0 Å². The summed E-state index contributed by atoms with van der Waals surface area (Å²) in [5.74, 6) is 0. The highest BCUT2D eigenvalue weighted by molar-refractivity contribution is 6.79. The first-order chi connectivity index (χ1) is 5.04.